The lowest BCUT2D eigenvalue weighted by Crippen LogP contribution is -2.37. The zero-order valence-corrected chi connectivity index (χ0v) is 18.2. The highest BCUT2D eigenvalue weighted by Crippen LogP contribution is 2.24. The zero-order chi connectivity index (χ0) is 20.8. The molecule has 1 aliphatic heterocycles. The SMILES string of the molecule is CC(=O)NC(CC(=O)Nc1ccc(C(=O)N2CCSCC2)cc1C)c1cccs1. The van der Waals surface area contributed by atoms with E-state index in [0.29, 0.717) is 11.3 Å². The number of nitrogens with one attached hydrogen (secondary N) is 2. The number of carbonyl (C=O) groups is 3. The smallest absolute Gasteiger partial charge is 0.253 e. The number of benzene rings is 1. The van der Waals surface area contributed by atoms with E-state index in [4.69, 9.17) is 0 Å². The molecule has 1 saturated heterocycles. The van der Waals surface area contributed by atoms with Crippen molar-refractivity contribution in [2.75, 3.05) is 29.9 Å². The van der Waals surface area contributed by atoms with E-state index < -0.39 is 0 Å². The summed E-state index contributed by atoms with van der Waals surface area (Å²) in [6.45, 7) is 4.87. The van der Waals surface area contributed by atoms with Gasteiger partial charge in [0.25, 0.3) is 5.91 Å². The van der Waals surface area contributed by atoms with E-state index in [1.165, 1.54) is 18.3 Å². The number of nitrogens with zero attached hydrogens (tertiary/aromatic N) is 1. The number of hydrogen-bond donors (Lipinski definition) is 2. The van der Waals surface area contributed by atoms with Gasteiger partial charge in [-0.15, -0.1) is 11.3 Å². The summed E-state index contributed by atoms with van der Waals surface area (Å²) in [5.74, 6) is 1.62. The molecule has 6 nitrogen and oxygen atoms in total. The van der Waals surface area contributed by atoms with E-state index in [-0.39, 0.29) is 30.2 Å². The van der Waals surface area contributed by atoms with Gasteiger partial charge in [-0.3, -0.25) is 14.4 Å². The molecule has 8 heteroatoms. The number of rotatable bonds is 6. The lowest BCUT2D eigenvalue weighted by Gasteiger charge is -2.26. The van der Waals surface area contributed by atoms with Crippen molar-refractivity contribution in [2.45, 2.75) is 26.3 Å². The molecule has 1 fully saturated rings. The average Bonchev–Trinajstić information content (AvgIpc) is 3.23. The molecule has 0 bridgehead atoms. The van der Waals surface area contributed by atoms with Crippen LogP contribution in [0.15, 0.2) is 35.7 Å². The second-order valence-electron chi connectivity index (χ2n) is 6.96. The molecule has 1 unspecified atom stereocenters. The monoisotopic (exact) mass is 431 g/mol. The maximum atomic E-state index is 12.7. The maximum Gasteiger partial charge on any atom is 0.253 e. The van der Waals surface area contributed by atoms with Crippen LogP contribution in [0.5, 0.6) is 0 Å². The predicted molar refractivity (Wildman–Crippen MR) is 119 cm³/mol. The highest BCUT2D eigenvalue weighted by molar-refractivity contribution is 7.99. The van der Waals surface area contributed by atoms with Crippen LogP contribution >= 0.6 is 23.1 Å². The van der Waals surface area contributed by atoms with Crippen LogP contribution < -0.4 is 10.6 Å². The number of anilines is 1. The van der Waals surface area contributed by atoms with E-state index in [0.717, 1.165) is 35.0 Å². The number of thioether (sulfide) groups is 1. The summed E-state index contributed by atoms with van der Waals surface area (Å²) in [6, 6.07) is 8.81. The summed E-state index contributed by atoms with van der Waals surface area (Å²) in [5.41, 5.74) is 2.15. The van der Waals surface area contributed by atoms with E-state index in [9.17, 15) is 14.4 Å². The highest BCUT2D eigenvalue weighted by atomic mass is 32.2. The topological polar surface area (TPSA) is 78.5 Å². The number of aryl methyl sites for hydroxylation is 1. The van der Waals surface area contributed by atoms with Crippen LogP contribution in [0.2, 0.25) is 0 Å². The molecule has 1 aromatic heterocycles. The summed E-state index contributed by atoms with van der Waals surface area (Å²) in [4.78, 5) is 39.6. The Morgan fingerprint density at radius 1 is 1.17 bits per heavy atom. The Kier molecular flexibility index (Phi) is 7.33. The largest absolute Gasteiger partial charge is 0.348 e. The van der Waals surface area contributed by atoms with Gasteiger partial charge < -0.3 is 15.5 Å². The fourth-order valence-corrected chi connectivity index (χ4v) is 4.91. The number of carbonyl (C=O) groups excluding carboxylic acids is 3. The van der Waals surface area contributed by atoms with Gasteiger partial charge in [0.2, 0.25) is 11.8 Å². The minimum Gasteiger partial charge on any atom is -0.348 e. The molecule has 0 radical (unpaired) electrons. The average molecular weight is 432 g/mol. The van der Waals surface area contributed by atoms with Crippen LogP contribution in [0.4, 0.5) is 5.69 Å². The van der Waals surface area contributed by atoms with Gasteiger partial charge in [-0.1, -0.05) is 6.07 Å². The molecule has 1 atom stereocenters. The van der Waals surface area contributed by atoms with Gasteiger partial charge in [-0.2, -0.15) is 11.8 Å². The molecule has 1 aromatic carbocycles. The molecule has 2 N–H and O–H groups in total. The molecule has 0 saturated carbocycles. The number of hydrogen-bond acceptors (Lipinski definition) is 5. The standard InChI is InChI=1S/C21H25N3O3S2/c1-14-12-16(21(27)24-7-10-28-11-8-24)5-6-17(14)23-20(26)13-18(22-15(2)25)19-4-3-9-29-19/h3-6,9,12,18H,7-8,10-11,13H2,1-2H3,(H,22,25)(H,23,26). The van der Waals surface area contributed by atoms with Gasteiger partial charge in [-0.25, -0.2) is 0 Å². The second kappa shape index (κ2) is 9.93. The Balaban J connectivity index is 1.65. The van der Waals surface area contributed by atoms with Crippen molar-refractivity contribution in [2.24, 2.45) is 0 Å². The van der Waals surface area contributed by atoms with Crippen molar-refractivity contribution in [3.05, 3.63) is 51.7 Å². The van der Waals surface area contributed by atoms with Crippen LogP contribution in [0.1, 0.15) is 40.2 Å². The molecule has 1 aliphatic rings. The Hall–Kier alpha value is -2.32. The Morgan fingerprint density at radius 2 is 1.93 bits per heavy atom. The van der Waals surface area contributed by atoms with Crippen molar-refractivity contribution in [1.82, 2.24) is 10.2 Å². The first-order chi connectivity index (χ1) is 13.9. The summed E-state index contributed by atoms with van der Waals surface area (Å²) < 4.78 is 0. The van der Waals surface area contributed by atoms with Crippen LogP contribution in [-0.2, 0) is 9.59 Å². The molecule has 154 valence electrons. The minimum absolute atomic E-state index is 0.0368. The normalized spacial score (nSPS) is 14.9. The number of amides is 3. The lowest BCUT2D eigenvalue weighted by atomic mass is 10.1. The molecule has 2 aromatic rings. The van der Waals surface area contributed by atoms with Gasteiger partial charge in [0.15, 0.2) is 0 Å². The first kappa shape index (κ1) is 21.4. The van der Waals surface area contributed by atoms with E-state index in [2.05, 4.69) is 10.6 Å². The summed E-state index contributed by atoms with van der Waals surface area (Å²) in [5, 5.41) is 7.66. The van der Waals surface area contributed by atoms with Crippen LogP contribution in [0, 0.1) is 6.92 Å². The van der Waals surface area contributed by atoms with Gasteiger partial charge in [0, 0.05) is 47.6 Å². The fourth-order valence-electron chi connectivity index (χ4n) is 3.23. The molecule has 29 heavy (non-hydrogen) atoms. The van der Waals surface area contributed by atoms with Crippen molar-refractivity contribution in [3.8, 4) is 0 Å². The van der Waals surface area contributed by atoms with Crippen LogP contribution in [0.25, 0.3) is 0 Å². The Labute approximate surface area is 179 Å². The van der Waals surface area contributed by atoms with Crippen molar-refractivity contribution in [1.29, 1.82) is 0 Å². The molecule has 0 spiro atoms. The van der Waals surface area contributed by atoms with Gasteiger partial charge in [0.1, 0.15) is 0 Å². The molecular formula is C21H25N3O3S2. The minimum atomic E-state index is -0.356. The molecule has 0 aliphatic carbocycles. The second-order valence-corrected chi connectivity index (χ2v) is 9.16. The van der Waals surface area contributed by atoms with E-state index >= 15 is 0 Å². The molecule has 3 amide bonds. The zero-order valence-electron chi connectivity index (χ0n) is 16.6. The third-order valence-corrected chi connectivity index (χ3v) is 6.63. The van der Waals surface area contributed by atoms with Crippen LogP contribution in [0.3, 0.4) is 0 Å². The summed E-state index contributed by atoms with van der Waals surface area (Å²) in [6.07, 6.45) is 0.145. The Bertz CT molecular complexity index is 877. The van der Waals surface area contributed by atoms with E-state index in [1.807, 2.05) is 47.2 Å². The molecule has 2 heterocycles. The predicted octanol–water partition coefficient (Wildman–Crippen LogP) is 3.45. The molecule has 3 rings (SSSR count). The van der Waals surface area contributed by atoms with Gasteiger partial charge in [-0.05, 0) is 42.1 Å². The number of thiophene rings is 1. The van der Waals surface area contributed by atoms with Gasteiger partial charge >= 0.3 is 0 Å². The van der Waals surface area contributed by atoms with Crippen molar-refractivity contribution < 1.29 is 14.4 Å². The summed E-state index contributed by atoms with van der Waals surface area (Å²) >= 11 is 3.37. The van der Waals surface area contributed by atoms with Crippen molar-refractivity contribution in [3.63, 3.8) is 0 Å². The quantitative estimate of drug-likeness (QED) is 0.734. The Morgan fingerprint density at radius 3 is 2.55 bits per heavy atom. The third kappa shape index (κ3) is 5.83. The van der Waals surface area contributed by atoms with Crippen molar-refractivity contribution >= 4 is 46.5 Å². The third-order valence-electron chi connectivity index (χ3n) is 4.70. The molecular weight excluding hydrogens is 406 g/mol. The maximum absolute atomic E-state index is 12.7. The summed E-state index contributed by atoms with van der Waals surface area (Å²) in [7, 11) is 0. The fraction of sp³-hybridized carbons (Fsp3) is 0.381. The van der Waals surface area contributed by atoms with E-state index in [1.54, 1.807) is 12.1 Å². The van der Waals surface area contributed by atoms with Crippen LogP contribution in [-0.4, -0.2) is 47.2 Å². The highest BCUT2D eigenvalue weighted by Gasteiger charge is 2.21. The first-order valence-electron chi connectivity index (χ1n) is 9.52. The first-order valence-corrected chi connectivity index (χ1v) is 11.6. The lowest BCUT2D eigenvalue weighted by molar-refractivity contribution is -0.120. The van der Waals surface area contributed by atoms with Gasteiger partial charge in [0.05, 0.1) is 12.5 Å².